The molecule has 0 radical (unpaired) electrons. The standard InChI is InChI=1S/C23H29F6N3O4S/c1-37(34,35)32-9-5-16-3-2-4-17(18(16)14-32)13-30-10-6-21(15-30)7-11-31(12-8-21)20(33)36-19(22(24,25)26)23(27,28)29/h2-4,19H,5-15H2,1H3. The number of carbonyl (C=O) groups is 1. The second kappa shape index (κ2) is 9.92. The first-order valence-electron chi connectivity index (χ1n) is 11.9. The zero-order chi connectivity index (χ0) is 27.2. The van der Waals surface area contributed by atoms with Crippen molar-refractivity contribution in [3.8, 4) is 0 Å². The molecule has 0 unspecified atom stereocenters. The van der Waals surface area contributed by atoms with Crippen molar-refractivity contribution in [1.82, 2.24) is 14.1 Å². The van der Waals surface area contributed by atoms with Gasteiger partial charge in [0, 0.05) is 39.3 Å². The van der Waals surface area contributed by atoms with Crippen LogP contribution >= 0.6 is 0 Å². The van der Waals surface area contributed by atoms with E-state index in [4.69, 9.17) is 0 Å². The minimum Gasteiger partial charge on any atom is -0.426 e. The number of ether oxygens (including phenoxy) is 1. The Morgan fingerprint density at radius 1 is 1.03 bits per heavy atom. The molecule has 2 fully saturated rings. The van der Waals surface area contributed by atoms with Gasteiger partial charge in [0.25, 0.3) is 6.10 Å². The summed E-state index contributed by atoms with van der Waals surface area (Å²) in [5.41, 5.74) is 2.96. The molecule has 1 aromatic rings. The van der Waals surface area contributed by atoms with Crippen LogP contribution in [0.25, 0.3) is 0 Å². The van der Waals surface area contributed by atoms with Crippen LogP contribution < -0.4 is 0 Å². The van der Waals surface area contributed by atoms with Gasteiger partial charge in [0.1, 0.15) is 0 Å². The van der Waals surface area contributed by atoms with E-state index in [1.165, 1.54) is 10.6 Å². The van der Waals surface area contributed by atoms with E-state index in [1.807, 2.05) is 18.2 Å². The number of halogens is 6. The fourth-order valence-corrected chi connectivity index (χ4v) is 6.31. The lowest BCUT2D eigenvalue weighted by molar-refractivity contribution is -0.308. The topological polar surface area (TPSA) is 70.2 Å². The SMILES string of the molecule is CS(=O)(=O)N1CCc2cccc(CN3CCC4(CCN(C(=O)OC(C(F)(F)F)C(F)(F)F)CC4)C3)c2C1. The Kier molecular flexibility index (Phi) is 7.49. The quantitative estimate of drug-likeness (QED) is 0.525. The molecule has 0 atom stereocenters. The molecule has 3 aliphatic heterocycles. The van der Waals surface area contributed by atoms with E-state index >= 15 is 0 Å². The summed E-state index contributed by atoms with van der Waals surface area (Å²) in [6.07, 6.45) is -13.8. The van der Waals surface area contributed by atoms with Gasteiger partial charge in [-0.05, 0) is 54.3 Å². The summed E-state index contributed by atoms with van der Waals surface area (Å²) < 4.78 is 106. The van der Waals surface area contributed by atoms with Crippen molar-refractivity contribution >= 4 is 16.1 Å². The van der Waals surface area contributed by atoms with E-state index in [1.54, 1.807) is 0 Å². The van der Waals surface area contributed by atoms with Crippen LogP contribution in [0.4, 0.5) is 31.1 Å². The summed E-state index contributed by atoms with van der Waals surface area (Å²) in [5, 5.41) is 0. The van der Waals surface area contributed by atoms with Gasteiger partial charge < -0.3 is 9.64 Å². The molecule has 0 aromatic heterocycles. The Bertz CT molecular complexity index is 1100. The van der Waals surface area contributed by atoms with Crippen molar-refractivity contribution in [2.75, 3.05) is 39.0 Å². The molecule has 1 spiro atoms. The Morgan fingerprint density at radius 3 is 2.24 bits per heavy atom. The lowest BCUT2D eigenvalue weighted by Crippen LogP contribution is -2.50. The van der Waals surface area contributed by atoms with Crippen LogP contribution in [0.2, 0.25) is 0 Å². The number of hydrogen-bond acceptors (Lipinski definition) is 5. The van der Waals surface area contributed by atoms with E-state index in [0.29, 0.717) is 45.4 Å². The number of amides is 1. The minimum absolute atomic E-state index is 0.0131. The number of nitrogens with zero attached hydrogens (tertiary/aromatic N) is 3. The number of carbonyl (C=O) groups excluding carboxylic acids is 1. The molecule has 0 N–H and O–H groups in total. The van der Waals surface area contributed by atoms with Crippen LogP contribution in [0.15, 0.2) is 18.2 Å². The number of hydrogen-bond donors (Lipinski definition) is 0. The van der Waals surface area contributed by atoms with Crippen molar-refractivity contribution in [3.63, 3.8) is 0 Å². The predicted octanol–water partition coefficient (Wildman–Crippen LogP) is 3.92. The van der Waals surface area contributed by atoms with E-state index < -0.39 is 34.6 Å². The molecule has 1 aromatic carbocycles. The first kappa shape index (κ1) is 28.0. The van der Waals surface area contributed by atoms with Gasteiger partial charge in [-0.3, -0.25) is 4.90 Å². The van der Waals surface area contributed by atoms with Gasteiger partial charge in [-0.25, -0.2) is 13.2 Å². The Balaban J connectivity index is 1.35. The van der Waals surface area contributed by atoms with Crippen LogP contribution in [-0.2, 0) is 34.3 Å². The van der Waals surface area contributed by atoms with E-state index in [0.717, 1.165) is 34.6 Å². The largest absolute Gasteiger partial charge is 0.434 e. The second-order valence-corrected chi connectivity index (χ2v) is 12.2. The van der Waals surface area contributed by atoms with E-state index in [-0.39, 0.29) is 18.5 Å². The maximum Gasteiger partial charge on any atom is 0.434 e. The smallest absolute Gasteiger partial charge is 0.426 e. The van der Waals surface area contributed by atoms with Gasteiger partial charge in [-0.2, -0.15) is 30.6 Å². The molecule has 0 bridgehead atoms. The molecular formula is C23H29F6N3O4S. The van der Waals surface area contributed by atoms with Crippen molar-refractivity contribution in [3.05, 3.63) is 34.9 Å². The maximum absolute atomic E-state index is 12.7. The van der Waals surface area contributed by atoms with Crippen LogP contribution in [0.5, 0.6) is 0 Å². The zero-order valence-corrected chi connectivity index (χ0v) is 21.1. The minimum atomic E-state index is -5.74. The molecule has 3 heterocycles. The van der Waals surface area contributed by atoms with E-state index in [9.17, 15) is 39.6 Å². The number of rotatable bonds is 4. The summed E-state index contributed by atoms with van der Waals surface area (Å²) in [4.78, 5) is 15.2. The summed E-state index contributed by atoms with van der Waals surface area (Å²) in [5.74, 6) is 0. The third-order valence-corrected chi connectivity index (χ3v) is 8.86. The fraction of sp³-hybridized carbons (Fsp3) is 0.696. The van der Waals surface area contributed by atoms with Crippen molar-refractivity contribution < 1.29 is 44.3 Å². The van der Waals surface area contributed by atoms with Gasteiger partial charge >= 0.3 is 18.4 Å². The number of alkyl halides is 6. The van der Waals surface area contributed by atoms with Crippen molar-refractivity contribution in [2.24, 2.45) is 5.41 Å². The molecule has 14 heteroatoms. The monoisotopic (exact) mass is 557 g/mol. The molecule has 7 nitrogen and oxygen atoms in total. The Morgan fingerprint density at radius 2 is 1.65 bits per heavy atom. The first-order valence-corrected chi connectivity index (χ1v) is 13.8. The third kappa shape index (κ3) is 6.33. The van der Waals surface area contributed by atoms with Gasteiger partial charge in [0.2, 0.25) is 10.0 Å². The molecule has 0 aliphatic carbocycles. The lowest BCUT2D eigenvalue weighted by atomic mass is 9.78. The zero-order valence-electron chi connectivity index (χ0n) is 20.2. The van der Waals surface area contributed by atoms with Crippen LogP contribution in [0.1, 0.15) is 36.0 Å². The molecule has 2 saturated heterocycles. The van der Waals surface area contributed by atoms with Crippen LogP contribution in [-0.4, -0.2) is 86.1 Å². The highest BCUT2D eigenvalue weighted by Gasteiger charge is 2.60. The summed E-state index contributed by atoms with van der Waals surface area (Å²) >= 11 is 0. The molecule has 0 saturated carbocycles. The molecule has 4 rings (SSSR count). The lowest BCUT2D eigenvalue weighted by Gasteiger charge is -2.39. The summed E-state index contributed by atoms with van der Waals surface area (Å²) in [6, 6.07) is 5.93. The molecule has 3 aliphatic rings. The second-order valence-electron chi connectivity index (χ2n) is 10.2. The molecule has 1 amide bonds. The van der Waals surface area contributed by atoms with Gasteiger partial charge in [-0.15, -0.1) is 0 Å². The molecule has 37 heavy (non-hydrogen) atoms. The fourth-order valence-electron chi connectivity index (χ4n) is 5.53. The first-order chi connectivity index (χ1) is 17.1. The summed E-state index contributed by atoms with van der Waals surface area (Å²) in [6.45, 7) is 2.80. The van der Waals surface area contributed by atoms with Gasteiger partial charge in [0.05, 0.1) is 6.26 Å². The number of piperidine rings is 1. The van der Waals surface area contributed by atoms with Crippen LogP contribution in [0.3, 0.4) is 0 Å². The van der Waals surface area contributed by atoms with E-state index in [2.05, 4.69) is 9.64 Å². The molecule has 208 valence electrons. The Hall–Kier alpha value is -2.06. The number of fused-ring (bicyclic) bond motifs is 1. The van der Waals surface area contributed by atoms with Crippen molar-refractivity contribution in [2.45, 2.75) is 57.2 Å². The van der Waals surface area contributed by atoms with Crippen LogP contribution in [0, 0.1) is 5.41 Å². The Labute approximate surface area is 211 Å². The highest BCUT2D eigenvalue weighted by atomic mass is 32.2. The summed E-state index contributed by atoms with van der Waals surface area (Å²) in [7, 11) is -3.32. The average Bonchev–Trinajstić information content (AvgIpc) is 3.17. The van der Waals surface area contributed by atoms with Gasteiger partial charge in [0.15, 0.2) is 0 Å². The van der Waals surface area contributed by atoms with Gasteiger partial charge in [-0.1, -0.05) is 18.2 Å². The average molecular weight is 558 g/mol. The van der Waals surface area contributed by atoms with Crippen molar-refractivity contribution in [1.29, 1.82) is 0 Å². The number of sulfonamides is 1. The predicted molar refractivity (Wildman–Crippen MR) is 121 cm³/mol. The highest BCUT2D eigenvalue weighted by Crippen LogP contribution is 2.42. The number of benzene rings is 1. The maximum atomic E-state index is 12.7. The highest BCUT2D eigenvalue weighted by molar-refractivity contribution is 7.88. The molecular weight excluding hydrogens is 528 g/mol. The number of likely N-dealkylation sites (tertiary alicyclic amines) is 2. The normalized spacial score (nSPS) is 21.5. The third-order valence-electron chi connectivity index (χ3n) is 7.61.